The van der Waals surface area contributed by atoms with E-state index in [1.165, 1.54) is 10.8 Å². The van der Waals surface area contributed by atoms with E-state index >= 15 is 0 Å². The van der Waals surface area contributed by atoms with Crippen LogP contribution in [0.4, 0.5) is 0 Å². The monoisotopic (exact) mass is 688 g/mol. The average Bonchev–Trinajstić information content (AvgIpc) is 3.95. The van der Waals surface area contributed by atoms with E-state index in [4.69, 9.17) is 4.42 Å². The third-order valence-corrected chi connectivity index (χ3v) is 11.3. The van der Waals surface area contributed by atoms with E-state index in [2.05, 4.69) is 171 Å². The van der Waals surface area contributed by atoms with Crippen molar-refractivity contribution < 1.29 is 4.42 Å². The first kappa shape index (κ1) is 29.1. The number of fused-ring (bicyclic) bond motifs is 12. The molecule has 0 N–H and O–H groups in total. The molecule has 0 spiro atoms. The predicted octanol–water partition coefficient (Wildman–Crippen LogP) is 12.7. The number of hydrogen-bond donors (Lipinski definition) is 0. The van der Waals surface area contributed by atoms with Crippen molar-refractivity contribution in [3.05, 3.63) is 175 Å². The molecule has 0 aliphatic heterocycles. The van der Waals surface area contributed by atoms with Gasteiger partial charge in [-0.1, -0.05) is 97.1 Å². The number of nitriles is 1. The quantitative estimate of drug-likeness (QED) is 0.185. The molecule has 0 bridgehead atoms. The molecule has 0 aliphatic rings. The fourth-order valence-corrected chi connectivity index (χ4v) is 9.01. The number of aromatic nitrogens is 3. The molecule has 0 fully saturated rings. The Morgan fingerprint density at radius 3 is 1.41 bits per heavy atom. The zero-order valence-electron chi connectivity index (χ0n) is 28.9. The highest BCUT2D eigenvalue weighted by molar-refractivity contribution is 6.20. The van der Waals surface area contributed by atoms with Crippen LogP contribution in [0.1, 0.15) is 5.56 Å². The van der Waals surface area contributed by atoms with Gasteiger partial charge < -0.3 is 18.1 Å². The zero-order chi connectivity index (χ0) is 35.5. The van der Waals surface area contributed by atoms with E-state index in [1.54, 1.807) is 0 Å². The van der Waals surface area contributed by atoms with Gasteiger partial charge in [-0.3, -0.25) is 0 Å². The van der Waals surface area contributed by atoms with Crippen molar-refractivity contribution >= 4 is 87.4 Å². The molecule has 12 aromatic rings. The number of benzene rings is 8. The first-order valence-corrected chi connectivity index (χ1v) is 18.2. The van der Waals surface area contributed by atoms with Crippen molar-refractivity contribution in [2.45, 2.75) is 0 Å². The highest BCUT2D eigenvalue weighted by Gasteiger charge is 2.23. The van der Waals surface area contributed by atoms with Crippen LogP contribution in [0.5, 0.6) is 0 Å². The maximum Gasteiger partial charge on any atom is 0.136 e. The lowest BCUT2D eigenvalue weighted by atomic mass is 10.1. The number of nitrogens with zero attached hydrogens (tertiary/aromatic N) is 4. The van der Waals surface area contributed by atoms with Gasteiger partial charge in [0.1, 0.15) is 22.8 Å². The summed E-state index contributed by atoms with van der Waals surface area (Å²) in [6.07, 6.45) is 0. The summed E-state index contributed by atoms with van der Waals surface area (Å²) in [6, 6.07) is 62.3. The van der Waals surface area contributed by atoms with Crippen molar-refractivity contribution in [3.63, 3.8) is 0 Å². The number of hydrogen-bond acceptors (Lipinski definition) is 2. The molecule has 0 radical (unpaired) electrons. The summed E-state index contributed by atoms with van der Waals surface area (Å²) < 4.78 is 13.2. The van der Waals surface area contributed by atoms with Crippen LogP contribution in [-0.4, -0.2) is 13.7 Å². The smallest absolute Gasteiger partial charge is 0.136 e. The topological polar surface area (TPSA) is 51.7 Å². The number of rotatable bonds is 3. The summed E-state index contributed by atoms with van der Waals surface area (Å²) in [4.78, 5) is 0. The predicted molar refractivity (Wildman–Crippen MR) is 221 cm³/mol. The van der Waals surface area contributed by atoms with Crippen molar-refractivity contribution in [1.29, 1.82) is 5.26 Å². The van der Waals surface area contributed by atoms with Crippen LogP contribution in [0.3, 0.4) is 0 Å². The van der Waals surface area contributed by atoms with Crippen LogP contribution >= 0.6 is 0 Å². The maximum absolute atomic E-state index is 11.2. The Bertz CT molecular complexity index is 3570. The molecular formula is C49H28N4O. The van der Waals surface area contributed by atoms with Crippen molar-refractivity contribution in [3.8, 4) is 23.1 Å². The highest BCUT2D eigenvalue weighted by atomic mass is 16.3. The lowest BCUT2D eigenvalue weighted by Gasteiger charge is -2.16. The van der Waals surface area contributed by atoms with E-state index in [0.29, 0.717) is 5.56 Å². The summed E-state index contributed by atoms with van der Waals surface area (Å²) in [6.45, 7) is 0. The van der Waals surface area contributed by atoms with Gasteiger partial charge in [0.15, 0.2) is 0 Å². The third-order valence-electron chi connectivity index (χ3n) is 11.3. The van der Waals surface area contributed by atoms with Crippen molar-refractivity contribution in [2.24, 2.45) is 0 Å². The SMILES string of the molecule is N#Cc1c(-n2c3ccccc3c3cc4oc5ccccc5c4cc32)cccc1-n1c2ccccc2c2cc3c(cc21)c1ccccc1n3-c1ccccc1. The van der Waals surface area contributed by atoms with E-state index in [9.17, 15) is 5.26 Å². The minimum absolute atomic E-state index is 0.603. The van der Waals surface area contributed by atoms with E-state index < -0.39 is 0 Å². The van der Waals surface area contributed by atoms with Crippen LogP contribution in [0, 0.1) is 11.3 Å². The Kier molecular flexibility index (Phi) is 5.78. The first-order chi connectivity index (χ1) is 26.8. The van der Waals surface area contributed by atoms with Gasteiger partial charge in [-0.05, 0) is 72.8 Å². The lowest BCUT2D eigenvalue weighted by Crippen LogP contribution is -2.04. The molecule has 0 amide bonds. The Labute approximate surface area is 308 Å². The second kappa shape index (κ2) is 10.7. The molecule has 5 heteroatoms. The fourth-order valence-electron chi connectivity index (χ4n) is 9.01. The van der Waals surface area contributed by atoms with Crippen LogP contribution in [0.15, 0.2) is 174 Å². The number of para-hydroxylation sites is 5. The van der Waals surface area contributed by atoms with Gasteiger partial charge in [0, 0.05) is 48.8 Å². The molecular weight excluding hydrogens is 661 g/mol. The molecule has 4 aromatic heterocycles. The first-order valence-electron chi connectivity index (χ1n) is 18.2. The van der Waals surface area contributed by atoms with Crippen LogP contribution in [0.2, 0.25) is 0 Å². The third kappa shape index (κ3) is 3.81. The Morgan fingerprint density at radius 1 is 0.352 bits per heavy atom. The van der Waals surface area contributed by atoms with E-state index in [-0.39, 0.29) is 0 Å². The largest absolute Gasteiger partial charge is 0.456 e. The van der Waals surface area contributed by atoms with Gasteiger partial charge >= 0.3 is 0 Å². The molecule has 8 aromatic carbocycles. The molecule has 12 rings (SSSR count). The molecule has 5 nitrogen and oxygen atoms in total. The van der Waals surface area contributed by atoms with E-state index in [1.807, 2.05) is 18.2 Å². The molecule has 0 atom stereocenters. The Balaban J connectivity index is 1.18. The molecule has 54 heavy (non-hydrogen) atoms. The maximum atomic E-state index is 11.2. The summed E-state index contributed by atoms with van der Waals surface area (Å²) in [5.41, 5.74) is 11.6. The number of furan rings is 1. The minimum atomic E-state index is 0.603. The van der Waals surface area contributed by atoms with Crippen LogP contribution in [0.25, 0.3) is 104 Å². The summed E-state index contributed by atoms with van der Waals surface area (Å²) >= 11 is 0. The molecule has 250 valence electrons. The second-order valence-corrected chi connectivity index (χ2v) is 14.0. The van der Waals surface area contributed by atoms with Crippen molar-refractivity contribution in [2.75, 3.05) is 0 Å². The highest BCUT2D eigenvalue weighted by Crippen LogP contribution is 2.42. The van der Waals surface area contributed by atoms with Gasteiger partial charge in [0.2, 0.25) is 0 Å². The fraction of sp³-hybridized carbons (Fsp3) is 0. The normalized spacial score (nSPS) is 12.1. The molecule has 0 saturated heterocycles. The minimum Gasteiger partial charge on any atom is -0.456 e. The van der Waals surface area contributed by atoms with Crippen LogP contribution < -0.4 is 0 Å². The van der Waals surface area contributed by atoms with Gasteiger partial charge in [0.25, 0.3) is 0 Å². The zero-order valence-corrected chi connectivity index (χ0v) is 28.9. The average molecular weight is 689 g/mol. The summed E-state index contributed by atoms with van der Waals surface area (Å²) in [7, 11) is 0. The molecule has 4 heterocycles. The van der Waals surface area contributed by atoms with Gasteiger partial charge in [-0.25, -0.2) is 0 Å². The Morgan fingerprint density at radius 2 is 0.815 bits per heavy atom. The van der Waals surface area contributed by atoms with Crippen molar-refractivity contribution in [1.82, 2.24) is 13.7 Å². The van der Waals surface area contributed by atoms with Gasteiger partial charge in [-0.2, -0.15) is 5.26 Å². The van der Waals surface area contributed by atoms with E-state index in [0.717, 1.165) is 93.6 Å². The lowest BCUT2D eigenvalue weighted by molar-refractivity contribution is 0.669. The molecule has 0 saturated carbocycles. The van der Waals surface area contributed by atoms with Gasteiger partial charge in [-0.15, -0.1) is 0 Å². The van der Waals surface area contributed by atoms with Gasteiger partial charge in [0.05, 0.1) is 44.5 Å². The molecule has 0 unspecified atom stereocenters. The summed E-state index contributed by atoms with van der Waals surface area (Å²) in [5, 5.41) is 20.2. The standard InChI is InChI=1S/C49H28N4O/c50-29-39-43(22-12-23-44(39)53-42-21-10-6-17-33(42)37-28-49-38(27-47(37)53)34-18-7-11-24-48(34)54-49)52-41-20-9-5-16-32(41)36-25-45-35(26-46(36)52)31-15-4-8-19-40(31)51(45)30-13-2-1-3-14-30/h1-28H. The Hall–Kier alpha value is -7.55. The summed E-state index contributed by atoms with van der Waals surface area (Å²) in [5.74, 6) is 0. The molecule has 0 aliphatic carbocycles. The second-order valence-electron chi connectivity index (χ2n) is 14.0. The van der Waals surface area contributed by atoms with Crippen LogP contribution in [-0.2, 0) is 0 Å².